The molecule has 1 fully saturated rings. The van der Waals surface area contributed by atoms with E-state index in [9.17, 15) is 4.79 Å². The number of hydrogen-bond donors (Lipinski definition) is 2. The summed E-state index contributed by atoms with van der Waals surface area (Å²) in [7, 11) is 3.35. The highest BCUT2D eigenvalue weighted by atomic mass is 16.5. The van der Waals surface area contributed by atoms with Gasteiger partial charge in [0, 0.05) is 37.5 Å². The van der Waals surface area contributed by atoms with Crippen LogP contribution in [0.3, 0.4) is 0 Å². The zero-order valence-corrected chi connectivity index (χ0v) is 16.6. The quantitative estimate of drug-likeness (QED) is 0.687. The fourth-order valence-electron chi connectivity index (χ4n) is 3.54. The lowest BCUT2D eigenvalue weighted by atomic mass is 9.79. The van der Waals surface area contributed by atoms with Crippen molar-refractivity contribution >= 4 is 5.91 Å². The first-order valence-corrected chi connectivity index (χ1v) is 9.70. The van der Waals surface area contributed by atoms with Gasteiger partial charge in [0.1, 0.15) is 5.75 Å². The maximum absolute atomic E-state index is 12.3. The lowest BCUT2D eigenvalue weighted by molar-refractivity contribution is -0.122. The van der Waals surface area contributed by atoms with E-state index < -0.39 is 0 Å². The fourth-order valence-corrected chi connectivity index (χ4v) is 3.54. The summed E-state index contributed by atoms with van der Waals surface area (Å²) in [6, 6.07) is 7.59. The van der Waals surface area contributed by atoms with E-state index in [1.54, 1.807) is 20.4 Å². The summed E-state index contributed by atoms with van der Waals surface area (Å²) in [5.74, 6) is 2.06. The minimum atomic E-state index is 0.0122. The van der Waals surface area contributed by atoms with Crippen molar-refractivity contribution in [3.05, 3.63) is 36.4 Å². The first kappa shape index (κ1) is 20.4. The van der Waals surface area contributed by atoms with Crippen molar-refractivity contribution in [2.24, 2.45) is 5.41 Å². The van der Waals surface area contributed by atoms with Crippen molar-refractivity contribution in [3.8, 4) is 17.1 Å². The van der Waals surface area contributed by atoms with Crippen molar-refractivity contribution in [2.45, 2.75) is 25.7 Å². The summed E-state index contributed by atoms with van der Waals surface area (Å²) >= 11 is 0. The van der Waals surface area contributed by atoms with Crippen molar-refractivity contribution in [2.75, 3.05) is 40.5 Å². The van der Waals surface area contributed by atoms with Gasteiger partial charge < -0.3 is 24.5 Å². The van der Waals surface area contributed by atoms with Gasteiger partial charge in [-0.3, -0.25) is 4.79 Å². The largest absolute Gasteiger partial charge is 0.497 e. The third-order valence-corrected chi connectivity index (χ3v) is 5.27. The van der Waals surface area contributed by atoms with Crippen molar-refractivity contribution in [1.82, 2.24) is 15.6 Å². The lowest BCUT2D eigenvalue weighted by Crippen LogP contribution is -2.47. The summed E-state index contributed by atoms with van der Waals surface area (Å²) in [6.45, 7) is 3.23. The fraction of sp³-hybridized carbons (Fsp3) is 0.524. The van der Waals surface area contributed by atoms with Gasteiger partial charge in [-0.15, -0.1) is 0 Å². The van der Waals surface area contributed by atoms with E-state index in [0.717, 1.165) is 37.2 Å². The van der Waals surface area contributed by atoms with Crippen LogP contribution in [-0.4, -0.2) is 51.4 Å². The van der Waals surface area contributed by atoms with Gasteiger partial charge in [0.2, 0.25) is 5.91 Å². The van der Waals surface area contributed by atoms with Gasteiger partial charge in [-0.25, -0.2) is 4.98 Å². The summed E-state index contributed by atoms with van der Waals surface area (Å²) in [5, 5.41) is 6.43. The molecule has 152 valence electrons. The molecule has 1 aromatic heterocycles. The average Bonchev–Trinajstić information content (AvgIpc) is 3.21. The standard InChI is InChI=1S/C21H29N3O4/c1-26-15-21(9-11-22-12-10-21)14-24-19(25)7-8-20-23-13-18(28-20)16-3-5-17(27-2)6-4-16/h3-6,13,22H,7-12,14-15H2,1-2H3,(H,24,25). The topological polar surface area (TPSA) is 85.6 Å². The molecule has 1 aliphatic heterocycles. The van der Waals surface area contributed by atoms with E-state index in [2.05, 4.69) is 15.6 Å². The van der Waals surface area contributed by atoms with Gasteiger partial charge in [0.15, 0.2) is 11.7 Å². The number of nitrogens with zero attached hydrogens (tertiary/aromatic N) is 1. The van der Waals surface area contributed by atoms with Gasteiger partial charge in [-0.2, -0.15) is 0 Å². The molecule has 7 nitrogen and oxygen atoms in total. The Morgan fingerprint density at radius 3 is 2.68 bits per heavy atom. The number of nitrogens with one attached hydrogen (secondary N) is 2. The number of oxazole rings is 1. The third-order valence-electron chi connectivity index (χ3n) is 5.27. The normalized spacial score (nSPS) is 15.9. The number of carbonyl (C=O) groups is 1. The predicted octanol–water partition coefficient (Wildman–Crippen LogP) is 2.42. The van der Waals surface area contributed by atoms with Crippen LogP contribution in [0.1, 0.15) is 25.2 Å². The minimum Gasteiger partial charge on any atom is -0.497 e. The van der Waals surface area contributed by atoms with Crippen LogP contribution >= 0.6 is 0 Å². The second-order valence-corrected chi connectivity index (χ2v) is 7.31. The number of piperidine rings is 1. The second kappa shape index (κ2) is 9.71. The maximum Gasteiger partial charge on any atom is 0.220 e. The highest BCUT2D eigenvalue weighted by Crippen LogP contribution is 2.28. The predicted molar refractivity (Wildman–Crippen MR) is 106 cm³/mol. The number of rotatable bonds is 9. The summed E-state index contributed by atoms with van der Waals surface area (Å²) in [5.41, 5.74) is 0.955. The number of ether oxygens (including phenoxy) is 2. The molecule has 0 atom stereocenters. The zero-order valence-electron chi connectivity index (χ0n) is 16.6. The van der Waals surface area contributed by atoms with Crippen LogP contribution in [0.4, 0.5) is 0 Å². The average molecular weight is 387 g/mol. The number of benzene rings is 1. The Hall–Kier alpha value is -2.38. The lowest BCUT2D eigenvalue weighted by Gasteiger charge is -2.37. The molecule has 0 radical (unpaired) electrons. The summed E-state index contributed by atoms with van der Waals surface area (Å²) in [4.78, 5) is 16.6. The first-order valence-electron chi connectivity index (χ1n) is 9.70. The molecule has 28 heavy (non-hydrogen) atoms. The molecule has 1 aromatic carbocycles. The molecule has 0 spiro atoms. The molecule has 0 saturated carbocycles. The minimum absolute atomic E-state index is 0.0122. The molecule has 2 heterocycles. The SMILES string of the molecule is COCC1(CNC(=O)CCc2ncc(-c3ccc(OC)cc3)o2)CCNCC1. The van der Waals surface area contributed by atoms with Crippen molar-refractivity contribution in [1.29, 1.82) is 0 Å². The summed E-state index contributed by atoms with van der Waals surface area (Å²) in [6.07, 6.45) is 4.53. The van der Waals surface area contributed by atoms with E-state index in [0.29, 0.717) is 37.6 Å². The Kier molecular flexibility index (Phi) is 7.06. The van der Waals surface area contributed by atoms with E-state index in [-0.39, 0.29) is 11.3 Å². The van der Waals surface area contributed by atoms with Gasteiger partial charge in [-0.1, -0.05) is 0 Å². The summed E-state index contributed by atoms with van der Waals surface area (Å²) < 4.78 is 16.3. The van der Waals surface area contributed by atoms with Gasteiger partial charge in [0.25, 0.3) is 0 Å². The van der Waals surface area contributed by atoms with Crippen LogP contribution in [-0.2, 0) is 16.0 Å². The monoisotopic (exact) mass is 387 g/mol. The first-order chi connectivity index (χ1) is 13.6. The Morgan fingerprint density at radius 1 is 1.25 bits per heavy atom. The maximum atomic E-state index is 12.3. The smallest absolute Gasteiger partial charge is 0.220 e. The molecule has 0 aliphatic carbocycles. The van der Waals surface area contributed by atoms with Crippen molar-refractivity contribution < 1.29 is 18.7 Å². The number of aryl methyl sites for hydroxylation is 1. The highest BCUT2D eigenvalue weighted by molar-refractivity contribution is 5.76. The van der Waals surface area contributed by atoms with Crippen LogP contribution < -0.4 is 15.4 Å². The van der Waals surface area contributed by atoms with Crippen LogP contribution in [0.2, 0.25) is 0 Å². The van der Waals surface area contributed by atoms with Crippen molar-refractivity contribution in [3.63, 3.8) is 0 Å². The number of methoxy groups -OCH3 is 2. The molecule has 3 rings (SSSR count). The molecule has 7 heteroatoms. The van der Waals surface area contributed by atoms with Crippen LogP contribution in [0, 0.1) is 5.41 Å². The molecule has 0 bridgehead atoms. The van der Waals surface area contributed by atoms with E-state index in [1.807, 2.05) is 24.3 Å². The van der Waals surface area contributed by atoms with Crippen LogP contribution in [0.15, 0.2) is 34.9 Å². The molecule has 2 aromatic rings. The number of carbonyl (C=O) groups excluding carboxylic acids is 1. The van der Waals surface area contributed by atoms with Gasteiger partial charge in [0.05, 0.1) is 19.9 Å². The highest BCUT2D eigenvalue weighted by Gasteiger charge is 2.32. The second-order valence-electron chi connectivity index (χ2n) is 7.31. The van der Waals surface area contributed by atoms with Gasteiger partial charge >= 0.3 is 0 Å². The molecule has 1 amide bonds. The Bertz CT molecular complexity index is 746. The number of hydrogen-bond acceptors (Lipinski definition) is 6. The van der Waals surface area contributed by atoms with Crippen LogP contribution in [0.5, 0.6) is 5.75 Å². The Morgan fingerprint density at radius 2 is 2.00 bits per heavy atom. The molecule has 0 unspecified atom stereocenters. The Labute approximate surface area is 165 Å². The number of aromatic nitrogens is 1. The molecule has 1 saturated heterocycles. The Balaban J connectivity index is 1.48. The van der Waals surface area contributed by atoms with Crippen LogP contribution in [0.25, 0.3) is 11.3 Å². The number of amides is 1. The van der Waals surface area contributed by atoms with E-state index >= 15 is 0 Å². The molecular weight excluding hydrogens is 358 g/mol. The molecule has 1 aliphatic rings. The van der Waals surface area contributed by atoms with E-state index in [1.165, 1.54) is 0 Å². The zero-order chi connectivity index (χ0) is 19.8. The molecular formula is C21H29N3O4. The van der Waals surface area contributed by atoms with Gasteiger partial charge in [-0.05, 0) is 50.2 Å². The third kappa shape index (κ3) is 5.33. The molecule has 2 N–H and O–H groups in total. The van der Waals surface area contributed by atoms with E-state index in [4.69, 9.17) is 13.9 Å².